The zero-order chi connectivity index (χ0) is 69.0. The van der Waals surface area contributed by atoms with Gasteiger partial charge in [0.15, 0.2) is 12.2 Å². The molecule has 17 nitrogen and oxygen atoms in total. The predicted molar refractivity (Wildman–Crippen MR) is 381 cm³/mol. The molecule has 0 aliphatic heterocycles. The third-order valence-corrected chi connectivity index (χ3v) is 16.9. The summed E-state index contributed by atoms with van der Waals surface area (Å²) in [5.41, 5.74) is 0. The maximum absolute atomic E-state index is 13.0. The van der Waals surface area contributed by atoms with Crippen LogP contribution in [0, 0.1) is 0 Å². The van der Waals surface area contributed by atoms with Crippen LogP contribution >= 0.6 is 15.6 Å². The van der Waals surface area contributed by atoms with E-state index < -0.39 is 97.5 Å². The molecule has 5 atom stereocenters. The Morgan fingerprint density at radius 2 is 0.574 bits per heavy atom. The van der Waals surface area contributed by atoms with Crippen LogP contribution < -0.4 is 0 Å². The first-order valence-electron chi connectivity index (χ1n) is 36.5. The number of phosphoric ester groups is 2. The van der Waals surface area contributed by atoms with Crippen molar-refractivity contribution in [3.05, 3.63) is 97.2 Å². The third kappa shape index (κ3) is 66.6. The van der Waals surface area contributed by atoms with E-state index in [4.69, 9.17) is 37.0 Å². The molecule has 0 fully saturated rings. The lowest BCUT2D eigenvalue weighted by molar-refractivity contribution is -0.161. The standard InChI is InChI=1S/C75H130O17P2/c1-5-9-13-17-21-25-29-33-34-38-40-44-48-52-56-60-73(78)86-66-71(92-75(80)62-58-54-50-46-42-37-32-28-24-20-16-12-8-4)68-90-94(83,84)88-64-69(76)63-87-93(81,82)89-67-70(91-74(79)61-57-53-49-45-41-36-31-27-23-19-15-11-7-3)65-85-72(77)59-55-51-47-43-39-35-30-26-22-18-14-10-6-2/h9,13-14,16,18,20-21,25-26,28,30,32-34,40,44,69-71,76H,5-8,10-12,15,17,19,22-24,27,29,31,35-39,41-43,45-68H2,1-4H3,(H,81,82)(H,83,84)/b13-9-,18-14-,20-16-,25-21-,30-26-,32-28-,34-33-,44-40-. The minimum Gasteiger partial charge on any atom is -0.462 e. The molecule has 0 saturated carbocycles. The number of carbonyl (C=O) groups is 4. The van der Waals surface area contributed by atoms with Gasteiger partial charge >= 0.3 is 39.5 Å². The largest absolute Gasteiger partial charge is 0.472 e. The van der Waals surface area contributed by atoms with Gasteiger partial charge in [-0.2, -0.15) is 0 Å². The first kappa shape index (κ1) is 90.0. The second-order valence-electron chi connectivity index (χ2n) is 24.2. The lowest BCUT2D eigenvalue weighted by Crippen LogP contribution is -2.30. The van der Waals surface area contributed by atoms with Crippen molar-refractivity contribution in [1.29, 1.82) is 0 Å². The molecule has 19 heteroatoms. The molecule has 94 heavy (non-hydrogen) atoms. The second kappa shape index (κ2) is 67.5. The minimum absolute atomic E-state index is 0.0690. The SMILES string of the molecule is CC/C=C\C/C=C\C/C=C\C/C=C\CCCCC(=O)OCC(COP(=O)(O)OCC(O)COP(=O)(O)OCC(COC(=O)CCCCCCC/C=C\C/C=C\CCC)OC(=O)CCCCCCCCCCCCCCC)OC(=O)CCCCCCC/C=C\C/C=C\CCC. The average Bonchev–Trinajstić information content (AvgIpc) is 1.67. The smallest absolute Gasteiger partial charge is 0.462 e. The van der Waals surface area contributed by atoms with Crippen molar-refractivity contribution >= 4 is 39.5 Å². The fraction of sp³-hybridized carbons (Fsp3) is 0.733. The van der Waals surface area contributed by atoms with Crippen LogP contribution in [0.15, 0.2) is 97.2 Å². The Balaban J connectivity index is 5.37. The number of hydrogen-bond acceptors (Lipinski definition) is 15. The highest BCUT2D eigenvalue weighted by molar-refractivity contribution is 7.47. The van der Waals surface area contributed by atoms with Gasteiger partial charge in [-0.05, 0) is 116 Å². The molecule has 0 aromatic carbocycles. The molecule has 542 valence electrons. The van der Waals surface area contributed by atoms with Gasteiger partial charge in [-0.1, -0.05) is 253 Å². The fourth-order valence-electron chi connectivity index (χ4n) is 9.46. The molecule has 0 rings (SSSR count). The Labute approximate surface area is 569 Å². The summed E-state index contributed by atoms with van der Waals surface area (Å²) in [6.45, 7) is 4.55. The topological polar surface area (TPSA) is 237 Å². The molecule has 0 bridgehead atoms. The maximum Gasteiger partial charge on any atom is 0.472 e. The number of hydrogen-bond donors (Lipinski definition) is 3. The molecule has 0 radical (unpaired) electrons. The zero-order valence-corrected chi connectivity index (χ0v) is 60.7. The highest BCUT2D eigenvalue weighted by Crippen LogP contribution is 2.45. The minimum atomic E-state index is -4.98. The second-order valence-corrected chi connectivity index (χ2v) is 27.1. The third-order valence-electron chi connectivity index (χ3n) is 15.0. The van der Waals surface area contributed by atoms with Gasteiger partial charge in [0.25, 0.3) is 0 Å². The van der Waals surface area contributed by atoms with E-state index in [1.54, 1.807) is 0 Å². The Kier molecular flexibility index (Phi) is 64.7. The molecule has 0 aromatic rings. The van der Waals surface area contributed by atoms with Crippen LogP contribution in [-0.2, 0) is 65.4 Å². The van der Waals surface area contributed by atoms with Crippen LogP contribution in [0.4, 0.5) is 0 Å². The van der Waals surface area contributed by atoms with E-state index in [2.05, 4.69) is 125 Å². The average molecular weight is 1370 g/mol. The van der Waals surface area contributed by atoms with Crippen LogP contribution in [0.3, 0.4) is 0 Å². The number of unbranched alkanes of at least 4 members (excludes halogenated alkanes) is 26. The number of esters is 4. The molecule has 0 aliphatic carbocycles. The number of allylic oxidation sites excluding steroid dienone is 16. The van der Waals surface area contributed by atoms with E-state index in [-0.39, 0.29) is 25.7 Å². The van der Waals surface area contributed by atoms with Crippen LogP contribution in [-0.4, -0.2) is 96.7 Å². The monoisotopic (exact) mass is 1360 g/mol. The molecule has 3 N–H and O–H groups in total. The summed E-state index contributed by atoms with van der Waals surface area (Å²) in [6.07, 6.45) is 68.4. The van der Waals surface area contributed by atoms with Crippen molar-refractivity contribution in [2.24, 2.45) is 0 Å². The maximum atomic E-state index is 13.0. The van der Waals surface area contributed by atoms with Gasteiger partial charge in [0.05, 0.1) is 26.4 Å². The predicted octanol–water partition coefficient (Wildman–Crippen LogP) is 20.4. The summed E-state index contributed by atoms with van der Waals surface area (Å²) in [5, 5.41) is 10.6. The van der Waals surface area contributed by atoms with Crippen molar-refractivity contribution in [3.8, 4) is 0 Å². The van der Waals surface area contributed by atoms with E-state index in [1.165, 1.54) is 51.4 Å². The first-order chi connectivity index (χ1) is 45.7. The van der Waals surface area contributed by atoms with Gasteiger partial charge in [-0.15, -0.1) is 0 Å². The molecular formula is C75H130O17P2. The van der Waals surface area contributed by atoms with Crippen molar-refractivity contribution in [1.82, 2.24) is 0 Å². The Morgan fingerprint density at radius 1 is 0.309 bits per heavy atom. The molecule has 0 saturated heterocycles. The number of rotatable bonds is 68. The molecule has 0 aromatic heterocycles. The summed E-state index contributed by atoms with van der Waals surface area (Å²) >= 11 is 0. The highest BCUT2D eigenvalue weighted by Gasteiger charge is 2.30. The Morgan fingerprint density at radius 3 is 0.915 bits per heavy atom. The van der Waals surface area contributed by atoms with Crippen LogP contribution in [0.25, 0.3) is 0 Å². The van der Waals surface area contributed by atoms with Crippen molar-refractivity contribution in [2.75, 3.05) is 39.6 Å². The van der Waals surface area contributed by atoms with Gasteiger partial charge < -0.3 is 33.8 Å². The molecule has 0 spiro atoms. The first-order valence-corrected chi connectivity index (χ1v) is 39.5. The number of phosphoric acid groups is 2. The van der Waals surface area contributed by atoms with E-state index in [0.29, 0.717) is 25.7 Å². The lowest BCUT2D eigenvalue weighted by atomic mass is 10.0. The summed E-state index contributed by atoms with van der Waals surface area (Å²) < 4.78 is 68.3. The fourth-order valence-corrected chi connectivity index (χ4v) is 11.0. The summed E-state index contributed by atoms with van der Waals surface area (Å²) in [6, 6.07) is 0. The van der Waals surface area contributed by atoms with Crippen molar-refractivity contribution in [2.45, 2.75) is 316 Å². The lowest BCUT2D eigenvalue weighted by Gasteiger charge is -2.21. The van der Waals surface area contributed by atoms with E-state index in [1.807, 2.05) is 0 Å². The highest BCUT2D eigenvalue weighted by atomic mass is 31.2. The summed E-state index contributed by atoms with van der Waals surface area (Å²) in [4.78, 5) is 72.6. The summed E-state index contributed by atoms with van der Waals surface area (Å²) in [5.74, 6) is -2.24. The molecular weight excluding hydrogens is 1230 g/mol. The number of carbonyl (C=O) groups excluding carboxylic acids is 4. The van der Waals surface area contributed by atoms with E-state index in [0.717, 1.165) is 167 Å². The van der Waals surface area contributed by atoms with E-state index >= 15 is 0 Å². The van der Waals surface area contributed by atoms with Gasteiger partial charge in [-0.25, -0.2) is 9.13 Å². The number of ether oxygens (including phenoxy) is 4. The quantitative estimate of drug-likeness (QED) is 0.0169. The number of aliphatic hydroxyl groups is 1. The molecule has 5 unspecified atom stereocenters. The zero-order valence-electron chi connectivity index (χ0n) is 58.9. The molecule has 0 amide bonds. The van der Waals surface area contributed by atoms with Crippen molar-refractivity contribution in [3.63, 3.8) is 0 Å². The van der Waals surface area contributed by atoms with Crippen LogP contribution in [0.1, 0.15) is 297 Å². The Hall–Kier alpha value is -4.02. The Bertz CT molecular complexity index is 2170. The number of aliphatic hydroxyl groups excluding tert-OH is 1. The molecule has 0 heterocycles. The summed E-state index contributed by atoms with van der Waals surface area (Å²) in [7, 11) is -9.95. The van der Waals surface area contributed by atoms with Gasteiger partial charge in [0, 0.05) is 25.7 Å². The van der Waals surface area contributed by atoms with Gasteiger partial charge in [-0.3, -0.25) is 37.3 Å². The normalized spacial score (nSPS) is 14.6. The van der Waals surface area contributed by atoms with Crippen LogP contribution in [0.2, 0.25) is 0 Å². The molecule has 0 aliphatic rings. The van der Waals surface area contributed by atoms with Crippen molar-refractivity contribution < 1.29 is 80.2 Å². The van der Waals surface area contributed by atoms with Gasteiger partial charge in [0.2, 0.25) is 0 Å². The van der Waals surface area contributed by atoms with E-state index in [9.17, 15) is 43.2 Å². The van der Waals surface area contributed by atoms with Crippen LogP contribution in [0.5, 0.6) is 0 Å². The van der Waals surface area contributed by atoms with Gasteiger partial charge in [0.1, 0.15) is 19.3 Å².